The van der Waals surface area contributed by atoms with Crippen molar-refractivity contribution in [2.75, 3.05) is 13.1 Å². The van der Waals surface area contributed by atoms with Crippen LogP contribution in [0.25, 0.3) is 0 Å². The van der Waals surface area contributed by atoms with Crippen molar-refractivity contribution in [3.8, 4) is 0 Å². The van der Waals surface area contributed by atoms with Gasteiger partial charge in [0.15, 0.2) is 0 Å². The number of carbonyl (C=O) groups excluding carboxylic acids is 3. The molecule has 1 N–H and O–H groups in total. The van der Waals surface area contributed by atoms with Crippen LogP contribution >= 0.6 is 0 Å². The van der Waals surface area contributed by atoms with Gasteiger partial charge in [-0.2, -0.15) is 0 Å². The molecule has 5 nitrogen and oxygen atoms in total. The molecule has 0 spiro atoms. The van der Waals surface area contributed by atoms with Crippen molar-refractivity contribution in [3.63, 3.8) is 0 Å². The smallest absolute Gasteiger partial charge is 0.290 e. The molecule has 1 heterocycles. The first-order chi connectivity index (χ1) is 11.3. The molecule has 0 aromatic carbocycles. The van der Waals surface area contributed by atoms with Gasteiger partial charge in [0.25, 0.3) is 5.91 Å². The number of hydrogen-bond acceptors (Lipinski definition) is 3. The maximum absolute atomic E-state index is 12.5. The van der Waals surface area contributed by atoms with Gasteiger partial charge in [0, 0.05) is 31.0 Å². The molecule has 0 radical (unpaired) electrons. The van der Waals surface area contributed by atoms with Gasteiger partial charge < -0.3 is 10.2 Å². The summed E-state index contributed by atoms with van der Waals surface area (Å²) in [6.07, 6.45) is 7.02. The standard InChI is InChI=1S/C19H34N2O3/c1-5-19(3,4)17(23)18(24)21-14-10-12-15(21)11-8-7-9-13-16(22)20-6-2/h15H,5-14H2,1-4H3,(H,20,22). The average Bonchev–Trinajstić information content (AvgIpc) is 3.01. The summed E-state index contributed by atoms with van der Waals surface area (Å²) in [5.74, 6) is -0.442. The number of amides is 2. The second-order valence-corrected chi connectivity index (χ2v) is 7.41. The number of likely N-dealkylation sites (tertiary alicyclic amines) is 1. The Labute approximate surface area is 146 Å². The fourth-order valence-corrected chi connectivity index (χ4v) is 3.11. The van der Waals surface area contributed by atoms with E-state index in [4.69, 9.17) is 0 Å². The van der Waals surface area contributed by atoms with Crippen LogP contribution in [0.4, 0.5) is 0 Å². The first kappa shape index (κ1) is 20.7. The van der Waals surface area contributed by atoms with Crippen molar-refractivity contribution >= 4 is 17.6 Å². The molecule has 1 aliphatic rings. The van der Waals surface area contributed by atoms with Gasteiger partial charge in [0.2, 0.25) is 11.7 Å². The van der Waals surface area contributed by atoms with E-state index in [-0.39, 0.29) is 23.6 Å². The average molecular weight is 338 g/mol. The molecule has 1 saturated heterocycles. The lowest BCUT2D eigenvalue weighted by Gasteiger charge is -2.28. The summed E-state index contributed by atoms with van der Waals surface area (Å²) < 4.78 is 0. The Morgan fingerprint density at radius 1 is 1.12 bits per heavy atom. The molecule has 1 aliphatic heterocycles. The Bertz CT molecular complexity index is 446. The number of nitrogens with one attached hydrogen (secondary N) is 1. The number of unbranched alkanes of at least 4 members (excludes halogenated alkanes) is 2. The minimum Gasteiger partial charge on any atom is -0.356 e. The molecule has 0 aromatic heterocycles. The highest BCUT2D eigenvalue weighted by molar-refractivity contribution is 6.38. The molecule has 0 aromatic rings. The highest BCUT2D eigenvalue weighted by Gasteiger charge is 2.38. The van der Waals surface area contributed by atoms with Crippen molar-refractivity contribution < 1.29 is 14.4 Å². The number of carbonyl (C=O) groups is 3. The number of hydrogen-bond donors (Lipinski definition) is 1. The minimum atomic E-state index is -0.573. The quantitative estimate of drug-likeness (QED) is 0.492. The van der Waals surface area contributed by atoms with E-state index < -0.39 is 5.41 Å². The molecular formula is C19H34N2O3. The molecule has 1 fully saturated rings. The zero-order valence-corrected chi connectivity index (χ0v) is 15.8. The lowest BCUT2D eigenvalue weighted by molar-refractivity contribution is -0.149. The van der Waals surface area contributed by atoms with Gasteiger partial charge >= 0.3 is 0 Å². The fourth-order valence-electron chi connectivity index (χ4n) is 3.11. The molecule has 0 saturated carbocycles. The van der Waals surface area contributed by atoms with E-state index in [0.29, 0.717) is 25.9 Å². The van der Waals surface area contributed by atoms with E-state index in [1.807, 2.05) is 27.7 Å². The second kappa shape index (κ2) is 9.80. The fraction of sp³-hybridized carbons (Fsp3) is 0.842. The summed E-state index contributed by atoms with van der Waals surface area (Å²) in [4.78, 5) is 38.1. The Morgan fingerprint density at radius 2 is 1.83 bits per heavy atom. The number of rotatable bonds is 10. The first-order valence-electron chi connectivity index (χ1n) is 9.45. The first-order valence-corrected chi connectivity index (χ1v) is 9.45. The van der Waals surface area contributed by atoms with E-state index in [0.717, 1.165) is 38.5 Å². The molecule has 0 aliphatic carbocycles. The van der Waals surface area contributed by atoms with Gasteiger partial charge in [-0.05, 0) is 39.0 Å². The van der Waals surface area contributed by atoms with Gasteiger partial charge in [-0.3, -0.25) is 14.4 Å². The summed E-state index contributed by atoms with van der Waals surface area (Å²) in [6.45, 7) is 8.94. The Balaban J connectivity index is 2.39. The van der Waals surface area contributed by atoms with Gasteiger partial charge in [-0.1, -0.05) is 33.6 Å². The van der Waals surface area contributed by atoms with Gasteiger partial charge in [0.05, 0.1) is 0 Å². The summed E-state index contributed by atoms with van der Waals surface area (Å²) in [5.41, 5.74) is -0.573. The third-order valence-electron chi connectivity index (χ3n) is 5.15. The summed E-state index contributed by atoms with van der Waals surface area (Å²) in [5, 5.41) is 2.80. The van der Waals surface area contributed by atoms with E-state index in [1.54, 1.807) is 4.90 Å². The lowest BCUT2D eigenvalue weighted by atomic mass is 9.84. The Kier molecular flexibility index (Phi) is 8.43. The SMILES string of the molecule is CCNC(=O)CCCCCC1CCCN1C(=O)C(=O)C(C)(C)CC. The van der Waals surface area contributed by atoms with Crippen LogP contribution in [0.3, 0.4) is 0 Å². The van der Waals surface area contributed by atoms with E-state index in [2.05, 4.69) is 5.32 Å². The van der Waals surface area contributed by atoms with Crippen molar-refractivity contribution in [1.82, 2.24) is 10.2 Å². The van der Waals surface area contributed by atoms with Crippen LogP contribution in [0, 0.1) is 5.41 Å². The second-order valence-electron chi connectivity index (χ2n) is 7.41. The van der Waals surface area contributed by atoms with E-state index >= 15 is 0 Å². The van der Waals surface area contributed by atoms with Crippen LogP contribution in [-0.2, 0) is 14.4 Å². The maximum atomic E-state index is 12.5. The third-order valence-corrected chi connectivity index (χ3v) is 5.15. The Morgan fingerprint density at radius 3 is 2.46 bits per heavy atom. The maximum Gasteiger partial charge on any atom is 0.290 e. The van der Waals surface area contributed by atoms with Crippen LogP contribution in [0.2, 0.25) is 0 Å². The monoisotopic (exact) mass is 338 g/mol. The molecular weight excluding hydrogens is 304 g/mol. The topological polar surface area (TPSA) is 66.5 Å². The van der Waals surface area contributed by atoms with Crippen molar-refractivity contribution in [2.45, 2.75) is 85.1 Å². The highest BCUT2D eigenvalue weighted by atomic mass is 16.2. The van der Waals surface area contributed by atoms with Crippen molar-refractivity contribution in [2.24, 2.45) is 5.41 Å². The summed E-state index contributed by atoms with van der Waals surface area (Å²) in [6, 6.07) is 0.193. The van der Waals surface area contributed by atoms with Gasteiger partial charge in [0.1, 0.15) is 0 Å². The largest absolute Gasteiger partial charge is 0.356 e. The van der Waals surface area contributed by atoms with Crippen LogP contribution in [-0.4, -0.2) is 41.6 Å². The van der Waals surface area contributed by atoms with Gasteiger partial charge in [-0.25, -0.2) is 0 Å². The van der Waals surface area contributed by atoms with Gasteiger partial charge in [-0.15, -0.1) is 0 Å². The number of ketones is 1. The predicted octanol–water partition coefficient (Wildman–Crippen LogP) is 3.07. The van der Waals surface area contributed by atoms with Crippen LogP contribution in [0.1, 0.15) is 79.1 Å². The highest BCUT2D eigenvalue weighted by Crippen LogP contribution is 2.27. The molecule has 1 atom stereocenters. The third kappa shape index (κ3) is 5.91. The van der Waals surface area contributed by atoms with Crippen molar-refractivity contribution in [3.05, 3.63) is 0 Å². The summed E-state index contributed by atoms with van der Waals surface area (Å²) in [7, 11) is 0. The van der Waals surface area contributed by atoms with Crippen LogP contribution < -0.4 is 5.32 Å². The van der Waals surface area contributed by atoms with Crippen LogP contribution in [0.5, 0.6) is 0 Å². The molecule has 0 bridgehead atoms. The molecule has 2 amide bonds. The van der Waals surface area contributed by atoms with E-state index in [1.165, 1.54) is 0 Å². The van der Waals surface area contributed by atoms with Crippen LogP contribution in [0.15, 0.2) is 0 Å². The summed E-state index contributed by atoms with van der Waals surface area (Å²) >= 11 is 0. The number of nitrogens with zero attached hydrogens (tertiary/aromatic N) is 1. The Hall–Kier alpha value is -1.39. The van der Waals surface area contributed by atoms with E-state index in [9.17, 15) is 14.4 Å². The predicted molar refractivity (Wildman–Crippen MR) is 95.6 cm³/mol. The lowest BCUT2D eigenvalue weighted by Crippen LogP contribution is -2.44. The molecule has 5 heteroatoms. The minimum absolute atomic E-state index is 0.113. The van der Waals surface area contributed by atoms with Crippen molar-refractivity contribution in [1.29, 1.82) is 0 Å². The number of Topliss-reactive ketones (excluding diaryl/α,β-unsaturated/α-hetero) is 1. The zero-order valence-electron chi connectivity index (χ0n) is 15.8. The molecule has 138 valence electrons. The molecule has 1 rings (SSSR count). The normalized spacial score (nSPS) is 17.8. The zero-order chi connectivity index (χ0) is 18.2. The molecule has 1 unspecified atom stereocenters. The molecule has 24 heavy (non-hydrogen) atoms.